The van der Waals surface area contributed by atoms with E-state index in [2.05, 4.69) is 0 Å². The highest BCUT2D eigenvalue weighted by Gasteiger charge is 2.14. The standard InChI is InChI=1S/C12H18O4/c1-9-5-3-2-4-6-10(13)11(14)7-8-12(15)16-9/h7-10,13H,2-6H2,1H3/b8-7+/t9-,10+/m0/s1. The molecule has 1 N–H and O–H groups in total. The molecule has 1 heterocycles. The molecule has 16 heavy (non-hydrogen) atoms. The topological polar surface area (TPSA) is 63.6 Å². The molecule has 0 aliphatic carbocycles. The van der Waals surface area contributed by atoms with Gasteiger partial charge in [-0.25, -0.2) is 4.79 Å². The lowest BCUT2D eigenvalue weighted by Gasteiger charge is -2.13. The van der Waals surface area contributed by atoms with Crippen LogP contribution < -0.4 is 0 Å². The predicted octanol–water partition coefficient (Wildman–Crippen LogP) is 1.37. The molecule has 4 heteroatoms. The van der Waals surface area contributed by atoms with Crippen molar-refractivity contribution in [3.8, 4) is 0 Å². The monoisotopic (exact) mass is 226 g/mol. The van der Waals surface area contributed by atoms with Gasteiger partial charge in [-0.15, -0.1) is 0 Å². The van der Waals surface area contributed by atoms with Crippen LogP contribution in [0.3, 0.4) is 0 Å². The number of ketones is 1. The van der Waals surface area contributed by atoms with Gasteiger partial charge in [-0.1, -0.05) is 12.8 Å². The van der Waals surface area contributed by atoms with Crippen LogP contribution in [0.2, 0.25) is 0 Å². The zero-order valence-corrected chi connectivity index (χ0v) is 9.52. The SMILES string of the molecule is C[C@H]1CCCCC[C@@H](O)C(=O)/C=C/C(=O)O1. The number of ether oxygens (including phenoxy) is 1. The Bertz CT molecular complexity index is 283. The molecular weight excluding hydrogens is 208 g/mol. The minimum absolute atomic E-state index is 0.114. The summed E-state index contributed by atoms with van der Waals surface area (Å²) in [5.74, 6) is -0.946. The number of aliphatic hydroxyl groups is 1. The van der Waals surface area contributed by atoms with Crippen molar-refractivity contribution in [3.05, 3.63) is 12.2 Å². The fraction of sp³-hybridized carbons (Fsp3) is 0.667. The van der Waals surface area contributed by atoms with E-state index in [1.54, 1.807) is 0 Å². The van der Waals surface area contributed by atoms with Gasteiger partial charge < -0.3 is 9.84 Å². The van der Waals surface area contributed by atoms with Crippen LogP contribution in [0, 0.1) is 0 Å². The Labute approximate surface area is 95.3 Å². The number of carbonyl (C=O) groups excluding carboxylic acids is 2. The molecule has 0 fully saturated rings. The molecule has 0 saturated carbocycles. The van der Waals surface area contributed by atoms with Gasteiger partial charge >= 0.3 is 5.97 Å². The summed E-state index contributed by atoms with van der Waals surface area (Å²) < 4.78 is 5.05. The van der Waals surface area contributed by atoms with Gasteiger partial charge in [0.25, 0.3) is 0 Å². The van der Waals surface area contributed by atoms with Crippen LogP contribution in [0.25, 0.3) is 0 Å². The third-order valence-corrected chi connectivity index (χ3v) is 2.62. The molecule has 0 saturated heterocycles. The lowest BCUT2D eigenvalue weighted by atomic mass is 10.0. The van der Waals surface area contributed by atoms with E-state index in [0.29, 0.717) is 6.42 Å². The van der Waals surface area contributed by atoms with Crippen LogP contribution in [0.5, 0.6) is 0 Å². The molecule has 1 aliphatic rings. The molecule has 2 atom stereocenters. The number of cyclic esters (lactones) is 1. The largest absolute Gasteiger partial charge is 0.460 e. The molecule has 1 rings (SSSR count). The number of hydrogen-bond acceptors (Lipinski definition) is 4. The molecule has 0 spiro atoms. The minimum Gasteiger partial charge on any atom is -0.460 e. The highest BCUT2D eigenvalue weighted by Crippen LogP contribution is 2.11. The zero-order chi connectivity index (χ0) is 12.0. The summed E-state index contributed by atoms with van der Waals surface area (Å²) in [4.78, 5) is 22.5. The van der Waals surface area contributed by atoms with Crippen molar-refractivity contribution in [3.63, 3.8) is 0 Å². The Morgan fingerprint density at radius 1 is 1.19 bits per heavy atom. The van der Waals surface area contributed by atoms with E-state index in [1.807, 2.05) is 6.92 Å². The first-order valence-electron chi connectivity index (χ1n) is 5.70. The molecule has 1 aliphatic heterocycles. The smallest absolute Gasteiger partial charge is 0.331 e. The van der Waals surface area contributed by atoms with E-state index >= 15 is 0 Å². The van der Waals surface area contributed by atoms with Crippen molar-refractivity contribution in [2.24, 2.45) is 0 Å². The number of esters is 1. The quantitative estimate of drug-likeness (QED) is 0.634. The van der Waals surface area contributed by atoms with Gasteiger partial charge in [-0.3, -0.25) is 4.79 Å². The summed E-state index contributed by atoms with van der Waals surface area (Å²) in [7, 11) is 0. The average molecular weight is 226 g/mol. The van der Waals surface area contributed by atoms with Crippen molar-refractivity contribution in [1.29, 1.82) is 0 Å². The normalized spacial score (nSPS) is 31.1. The van der Waals surface area contributed by atoms with E-state index < -0.39 is 17.9 Å². The van der Waals surface area contributed by atoms with E-state index in [9.17, 15) is 14.7 Å². The highest BCUT2D eigenvalue weighted by atomic mass is 16.5. The summed E-state index contributed by atoms with van der Waals surface area (Å²) in [6.45, 7) is 1.84. The molecular formula is C12H18O4. The van der Waals surface area contributed by atoms with Crippen LogP contribution in [-0.4, -0.2) is 29.1 Å². The molecule has 0 unspecified atom stereocenters. The summed E-state index contributed by atoms with van der Waals surface area (Å²) in [6, 6.07) is 0. The van der Waals surface area contributed by atoms with E-state index in [1.165, 1.54) is 0 Å². The molecule has 0 aromatic carbocycles. The van der Waals surface area contributed by atoms with Crippen molar-refractivity contribution < 1.29 is 19.4 Å². The molecule has 0 aromatic rings. The van der Waals surface area contributed by atoms with Crippen molar-refractivity contribution in [2.75, 3.05) is 0 Å². The second kappa shape index (κ2) is 6.43. The van der Waals surface area contributed by atoms with E-state index in [0.717, 1.165) is 37.8 Å². The first-order valence-corrected chi connectivity index (χ1v) is 5.70. The Hall–Kier alpha value is -1.16. The lowest BCUT2D eigenvalue weighted by Crippen LogP contribution is -2.20. The fourth-order valence-electron chi connectivity index (χ4n) is 1.65. The summed E-state index contributed by atoms with van der Waals surface area (Å²) >= 11 is 0. The van der Waals surface area contributed by atoms with Gasteiger partial charge in [0.15, 0.2) is 5.78 Å². The molecule has 90 valence electrons. The molecule has 0 radical (unpaired) electrons. The highest BCUT2D eigenvalue weighted by molar-refractivity contribution is 5.98. The van der Waals surface area contributed by atoms with Crippen LogP contribution in [0.15, 0.2) is 12.2 Å². The Morgan fingerprint density at radius 3 is 2.62 bits per heavy atom. The third-order valence-electron chi connectivity index (χ3n) is 2.62. The minimum atomic E-state index is -0.985. The number of carbonyl (C=O) groups is 2. The van der Waals surface area contributed by atoms with Crippen molar-refractivity contribution in [1.82, 2.24) is 0 Å². The Kier molecular flexibility index (Phi) is 5.19. The van der Waals surface area contributed by atoms with Gasteiger partial charge in [0.05, 0.1) is 6.10 Å². The first-order chi connectivity index (χ1) is 7.59. The second-order valence-corrected chi connectivity index (χ2v) is 4.14. The zero-order valence-electron chi connectivity index (χ0n) is 9.52. The van der Waals surface area contributed by atoms with Crippen LogP contribution >= 0.6 is 0 Å². The summed E-state index contributed by atoms with van der Waals surface area (Å²) in [5.41, 5.74) is 0. The number of aliphatic hydroxyl groups excluding tert-OH is 1. The maximum absolute atomic E-state index is 11.3. The Morgan fingerprint density at radius 2 is 1.88 bits per heavy atom. The van der Waals surface area contributed by atoms with E-state index in [-0.39, 0.29) is 6.10 Å². The Balaban J connectivity index is 2.61. The maximum Gasteiger partial charge on any atom is 0.331 e. The van der Waals surface area contributed by atoms with Crippen LogP contribution in [-0.2, 0) is 14.3 Å². The second-order valence-electron chi connectivity index (χ2n) is 4.14. The molecule has 0 bridgehead atoms. The molecule has 0 amide bonds. The summed E-state index contributed by atoms with van der Waals surface area (Å²) in [5, 5.41) is 9.45. The molecule has 4 nitrogen and oxygen atoms in total. The lowest BCUT2D eigenvalue weighted by molar-refractivity contribution is -0.142. The third kappa shape index (κ3) is 4.57. The average Bonchev–Trinajstić information content (AvgIpc) is 2.23. The maximum atomic E-state index is 11.3. The van der Waals surface area contributed by atoms with Gasteiger partial charge in [0, 0.05) is 6.08 Å². The van der Waals surface area contributed by atoms with Gasteiger partial charge in [0.2, 0.25) is 0 Å². The van der Waals surface area contributed by atoms with Gasteiger partial charge in [-0.2, -0.15) is 0 Å². The van der Waals surface area contributed by atoms with Crippen LogP contribution in [0.1, 0.15) is 39.0 Å². The first kappa shape index (κ1) is 12.9. The molecule has 0 aromatic heterocycles. The summed E-state index contributed by atoms with van der Waals surface area (Å²) in [6.07, 6.45) is 5.08. The number of hydrogen-bond donors (Lipinski definition) is 1. The van der Waals surface area contributed by atoms with E-state index in [4.69, 9.17) is 4.74 Å². The van der Waals surface area contributed by atoms with Gasteiger partial charge in [0.1, 0.15) is 6.10 Å². The van der Waals surface area contributed by atoms with Gasteiger partial charge in [-0.05, 0) is 32.3 Å². The fourth-order valence-corrected chi connectivity index (χ4v) is 1.65. The van der Waals surface area contributed by atoms with Crippen LogP contribution in [0.4, 0.5) is 0 Å². The van der Waals surface area contributed by atoms with Crippen molar-refractivity contribution in [2.45, 2.75) is 51.2 Å². The number of rotatable bonds is 0. The predicted molar refractivity (Wildman–Crippen MR) is 58.8 cm³/mol. The van der Waals surface area contributed by atoms with Crippen molar-refractivity contribution >= 4 is 11.8 Å².